The highest BCUT2D eigenvalue weighted by molar-refractivity contribution is 7.22. The van der Waals surface area contributed by atoms with E-state index in [1.54, 1.807) is 18.4 Å². The highest BCUT2D eigenvalue weighted by Crippen LogP contribution is 2.31. The number of carbonyl (C=O) groups excluding carboxylic acids is 1. The number of ether oxygens (including phenoxy) is 1. The number of piperazine rings is 1. The van der Waals surface area contributed by atoms with Crippen molar-refractivity contribution in [2.45, 2.75) is 0 Å². The lowest BCUT2D eigenvalue weighted by Crippen LogP contribution is -2.52. The van der Waals surface area contributed by atoms with Gasteiger partial charge in [0.25, 0.3) is 0 Å². The predicted molar refractivity (Wildman–Crippen MR) is 93.7 cm³/mol. The van der Waals surface area contributed by atoms with Crippen LogP contribution >= 0.6 is 22.9 Å². The van der Waals surface area contributed by atoms with Crippen LogP contribution in [0.1, 0.15) is 0 Å². The van der Waals surface area contributed by atoms with Gasteiger partial charge in [-0.3, -0.25) is 0 Å². The average molecular weight is 355 g/mol. The molecule has 8 heteroatoms. The molecule has 23 heavy (non-hydrogen) atoms. The number of hydrogen-bond acceptors (Lipinski definition) is 5. The van der Waals surface area contributed by atoms with Crippen LogP contribution in [-0.4, -0.2) is 62.4 Å². The number of hydrogen-bond donors (Lipinski definition) is 1. The van der Waals surface area contributed by atoms with Crippen LogP contribution in [0.15, 0.2) is 18.2 Å². The molecule has 2 amide bonds. The number of urea groups is 1. The molecule has 1 aromatic carbocycles. The van der Waals surface area contributed by atoms with Gasteiger partial charge in [-0.15, -0.1) is 0 Å². The molecule has 3 rings (SSSR count). The molecule has 1 saturated heterocycles. The molecular formula is C15H19ClN4O2S. The van der Waals surface area contributed by atoms with Crippen molar-refractivity contribution in [3.05, 3.63) is 23.2 Å². The first-order valence-electron chi connectivity index (χ1n) is 7.50. The van der Waals surface area contributed by atoms with Gasteiger partial charge in [0.2, 0.25) is 0 Å². The molecule has 2 heterocycles. The van der Waals surface area contributed by atoms with E-state index in [9.17, 15) is 4.79 Å². The van der Waals surface area contributed by atoms with Crippen LogP contribution in [0.5, 0.6) is 0 Å². The molecule has 6 nitrogen and oxygen atoms in total. The Balaban J connectivity index is 1.58. The van der Waals surface area contributed by atoms with Crippen molar-refractivity contribution in [3.8, 4) is 0 Å². The quantitative estimate of drug-likeness (QED) is 0.857. The van der Waals surface area contributed by atoms with Gasteiger partial charge in [-0.25, -0.2) is 9.78 Å². The molecule has 1 aromatic heterocycles. The zero-order chi connectivity index (χ0) is 16.2. The molecule has 0 radical (unpaired) electrons. The molecule has 0 atom stereocenters. The number of fused-ring (bicyclic) bond motifs is 1. The summed E-state index contributed by atoms with van der Waals surface area (Å²) in [7, 11) is 1.62. The van der Waals surface area contributed by atoms with Crippen LogP contribution in [0.2, 0.25) is 5.02 Å². The minimum atomic E-state index is -0.0298. The standard InChI is InChI=1S/C15H19ClN4O2S/c1-22-9-4-17-14(21)19-5-7-20(8-6-19)15-18-12-3-2-11(16)10-13(12)23-15/h2-3,10H,4-9H2,1H3,(H,17,21). The van der Waals surface area contributed by atoms with Crippen molar-refractivity contribution >= 4 is 44.3 Å². The summed E-state index contributed by atoms with van der Waals surface area (Å²) in [5.41, 5.74) is 0.967. The largest absolute Gasteiger partial charge is 0.383 e. The Morgan fingerprint density at radius 1 is 1.39 bits per heavy atom. The summed E-state index contributed by atoms with van der Waals surface area (Å²) in [5.74, 6) is 0. The number of nitrogens with one attached hydrogen (secondary N) is 1. The summed E-state index contributed by atoms with van der Waals surface area (Å²) in [5, 5.41) is 4.57. The number of carbonyl (C=O) groups is 1. The van der Waals surface area contributed by atoms with Gasteiger partial charge in [0.05, 0.1) is 16.8 Å². The van der Waals surface area contributed by atoms with Crippen LogP contribution in [0, 0.1) is 0 Å². The summed E-state index contributed by atoms with van der Waals surface area (Å²) in [4.78, 5) is 20.7. The van der Waals surface area contributed by atoms with Crippen molar-refractivity contribution in [1.29, 1.82) is 0 Å². The van der Waals surface area contributed by atoms with E-state index in [1.807, 2.05) is 23.1 Å². The first kappa shape index (κ1) is 16.3. The van der Waals surface area contributed by atoms with Crippen LogP contribution in [0.25, 0.3) is 10.2 Å². The van der Waals surface area contributed by atoms with E-state index in [-0.39, 0.29) is 6.03 Å². The third-order valence-corrected chi connectivity index (χ3v) is 5.07. The number of nitrogens with zero attached hydrogens (tertiary/aromatic N) is 3. The third-order valence-electron chi connectivity index (χ3n) is 3.76. The fourth-order valence-electron chi connectivity index (χ4n) is 2.49. The van der Waals surface area contributed by atoms with E-state index in [1.165, 1.54) is 0 Å². The van der Waals surface area contributed by atoms with Gasteiger partial charge < -0.3 is 19.9 Å². The Labute approximate surface area is 144 Å². The topological polar surface area (TPSA) is 57.7 Å². The number of amides is 2. The zero-order valence-electron chi connectivity index (χ0n) is 12.9. The lowest BCUT2D eigenvalue weighted by atomic mass is 10.3. The van der Waals surface area contributed by atoms with Gasteiger partial charge in [0.15, 0.2) is 5.13 Å². The molecule has 0 saturated carbocycles. The Morgan fingerprint density at radius 2 is 2.17 bits per heavy atom. The van der Waals surface area contributed by atoms with Gasteiger partial charge in [-0.2, -0.15) is 0 Å². The van der Waals surface area contributed by atoms with Crippen LogP contribution < -0.4 is 10.2 Å². The number of aromatic nitrogens is 1. The van der Waals surface area contributed by atoms with Crippen molar-refractivity contribution < 1.29 is 9.53 Å². The fourth-order valence-corrected chi connectivity index (χ4v) is 3.79. The summed E-state index contributed by atoms with van der Waals surface area (Å²) in [6.45, 7) is 4.01. The van der Waals surface area contributed by atoms with E-state index in [0.717, 1.165) is 33.5 Å². The number of methoxy groups -OCH3 is 1. The van der Waals surface area contributed by atoms with Crippen molar-refractivity contribution in [3.63, 3.8) is 0 Å². The van der Waals surface area contributed by atoms with Crippen LogP contribution in [0.3, 0.4) is 0 Å². The number of halogens is 1. The molecule has 124 valence electrons. The molecule has 1 N–H and O–H groups in total. The van der Waals surface area contributed by atoms with E-state index >= 15 is 0 Å². The minimum absolute atomic E-state index is 0.0298. The monoisotopic (exact) mass is 354 g/mol. The molecule has 0 spiro atoms. The molecule has 1 aliphatic rings. The minimum Gasteiger partial charge on any atom is -0.383 e. The molecule has 2 aromatic rings. The fraction of sp³-hybridized carbons (Fsp3) is 0.467. The SMILES string of the molecule is COCCNC(=O)N1CCN(c2nc3ccc(Cl)cc3s2)CC1. The number of thiazole rings is 1. The molecule has 0 aliphatic carbocycles. The van der Waals surface area contributed by atoms with Gasteiger partial charge in [-0.1, -0.05) is 22.9 Å². The molecule has 0 bridgehead atoms. The number of rotatable bonds is 4. The average Bonchev–Trinajstić information content (AvgIpc) is 2.98. The number of benzene rings is 1. The van der Waals surface area contributed by atoms with Crippen LogP contribution in [0.4, 0.5) is 9.93 Å². The normalized spacial score (nSPS) is 15.2. The molecule has 0 unspecified atom stereocenters. The maximum atomic E-state index is 12.0. The zero-order valence-corrected chi connectivity index (χ0v) is 14.5. The van der Waals surface area contributed by atoms with Gasteiger partial charge >= 0.3 is 6.03 Å². The first-order chi connectivity index (χ1) is 11.2. The Kier molecular flexibility index (Phi) is 5.20. The lowest BCUT2D eigenvalue weighted by Gasteiger charge is -2.34. The summed E-state index contributed by atoms with van der Waals surface area (Å²) in [6.07, 6.45) is 0. The first-order valence-corrected chi connectivity index (χ1v) is 8.69. The second-order valence-corrected chi connectivity index (χ2v) is 6.75. The highest BCUT2D eigenvalue weighted by Gasteiger charge is 2.22. The van der Waals surface area contributed by atoms with Crippen LogP contribution in [-0.2, 0) is 4.74 Å². The second-order valence-electron chi connectivity index (χ2n) is 5.31. The van der Waals surface area contributed by atoms with Gasteiger partial charge in [0.1, 0.15) is 0 Å². The van der Waals surface area contributed by atoms with E-state index in [0.29, 0.717) is 26.2 Å². The summed E-state index contributed by atoms with van der Waals surface area (Å²) < 4.78 is 6.02. The van der Waals surface area contributed by atoms with Crippen molar-refractivity contribution in [2.75, 3.05) is 51.3 Å². The summed E-state index contributed by atoms with van der Waals surface area (Å²) in [6, 6.07) is 5.71. The molecular weight excluding hydrogens is 336 g/mol. The molecule has 1 fully saturated rings. The lowest BCUT2D eigenvalue weighted by molar-refractivity contribution is 0.177. The van der Waals surface area contributed by atoms with E-state index in [2.05, 4.69) is 15.2 Å². The maximum Gasteiger partial charge on any atom is 0.317 e. The Morgan fingerprint density at radius 3 is 2.91 bits per heavy atom. The maximum absolute atomic E-state index is 12.0. The van der Waals surface area contributed by atoms with Crippen molar-refractivity contribution in [1.82, 2.24) is 15.2 Å². The van der Waals surface area contributed by atoms with Crippen molar-refractivity contribution in [2.24, 2.45) is 0 Å². The third kappa shape index (κ3) is 3.85. The van der Waals surface area contributed by atoms with E-state index in [4.69, 9.17) is 16.3 Å². The number of anilines is 1. The Bertz CT molecular complexity index is 685. The smallest absolute Gasteiger partial charge is 0.317 e. The highest BCUT2D eigenvalue weighted by atomic mass is 35.5. The predicted octanol–water partition coefficient (Wildman–Crippen LogP) is 2.43. The summed E-state index contributed by atoms with van der Waals surface area (Å²) >= 11 is 7.66. The second kappa shape index (κ2) is 7.33. The Hall–Kier alpha value is -1.57. The molecule has 1 aliphatic heterocycles. The van der Waals surface area contributed by atoms with Gasteiger partial charge in [-0.05, 0) is 18.2 Å². The van der Waals surface area contributed by atoms with E-state index < -0.39 is 0 Å². The van der Waals surface area contributed by atoms with Gasteiger partial charge in [0, 0.05) is 44.9 Å².